The maximum atomic E-state index is 12.6. The van der Waals surface area contributed by atoms with Gasteiger partial charge in [-0.25, -0.2) is 0 Å². The molecule has 1 rings (SSSR count). The van der Waals surface area contributed by atoms with E-state index in [9.17, 15) is 18.0 Å². The Morgan fingerprint density at radius 1 is 1.25 bits per heavy atom. The Hall–Kier alpha value is -2.10. The van der Waals surface area contributed by atoms with Crippen LogP contribution in [0.2, 0.25) is 0 Å². The summed E-state index contributed by atoms with van der Waals surface area (Å²) in [4.78, 5) is 18.9. The molecule has 1 aromatic rings. The van der Waals surface area contributed by atoms with Crippen molar-refractivity contribution in [2.45, 2.75) is 18.6 Å². The lowest BCUT2D eigenvalue weighted by molar-refractivity contribution is -0.184. The first-order valence-electron chi connectivity index (χ1n) is 5.26. The minimum absolute atomic E-state index is 0.0119. The number of alkyl halides is 3. The van der Waals surface area contributed by atoms with E-state index in [1.54, 1.807) is 0 Å². The van der Waals surface area contributed by atoms with Crippen LogP contribution in [0.25, 0.3) is 0 Å². The number of aromatic nitrogens is 2. The molecule has 0 bridgehead atoms. The molecule has 1 atom stereocenters. The Bertz CT molecular complexity index is 483. The number of nitrogens with zero attached hydrogens (tertiary/aromatic N) is 2. The van der Waals surface area contributed by atoms with E-state index in [-0.39, 0.29) is 11.8 Å². The molecule has 0 aliphatic rings. The second-order valence-corrected chi connectivity index (χ2v) is 3.93. The molecule has 0 aliphatic carbocycles. The fourth-order valence-corrected chi connectivity index (χ4v) is 1.03. The topological polar surface area (TPSA) is 99.4 Å². The van der Waals surface area contributed by atoms with Crippen molar-refractivity contribution >= 4 is 11.9 Å². The molecule has 0 saturated carbocycles. The quantitative estimate of drug-likeness (QED) is 0.848. The highest BCUT2D eigenvalue weighted by Crippen LogP contribution is 2.29. The Morgan fingerprint density at radius 2 is 1.70 bits per heavy atom. The number of ether oxygens (including phenoxy) is 2. The fourth-order valence-electron chi connectivity index (χ4n) is 1.03. The number of carbonyl (C=O) groups excluding carboxylic acids is 1. The van der Waals surface area contributed by atoms with Crippen LogP contribution in [0.1, 0.15) is 6.92 Å². The molecule has 0 spiro atoms. The Kier molecular flexibility index (Phi) is 4.38. The standard InChI is InChI=1S/C10H13F3N4O3/c1-9(14,10(11,12)13)7(18)17-8-15-5(19-2)4-6(16-8)20-3/h4H,14H2,1-3H3,(H,15,16,17,18). The minimum Gasteiger partial charge on any atom is -0.481 e. The van der Waals surface area contributed by atoms with Crippen molar-refractivity contribution in [2.24, 2.45) is 5.73 Å². The van der Waals surface area contributed by atoms with Gasteiger partial charge in [0.1, 0.15) is 0 Å². The van der Waals surface area contributed by atoms with Gasteiger partial charge in [-0.1, -0.05) is 0 Å². The molecule has 0 saturated heterocycles. The molecular formula is C10H13F3N4O3. The van der Waals surface area contributed by atoms with Gasteiger partial charge < -0.3 is 15.2 Å². The van der Waals surface area contributed by atoms with E-state index in [1.165, 1.54) is 20.3 Å². The minimum atomic E-state index is -4.92. The molecule has 0 aromatic carbocycles. The van der Waals surface area contributed by atoms with Crippen molar-refractivity contribution in [2.75, 3.05) is 19.5 Å². The number of amides is 1. The first kappa shape index (κ1) is 16.0. The number of rotatable bonds is 4. The zero-order valence-corrected chi connectivity index (χ0v) is 10.9. The van der Waals surface area contributed by atoms with Gasteiger partial charge in [0.15, 0.2) is 5.54 Å². The molecule has 10 heteroatoms. The van der Waals surface area contributed by atoms with Crippen LogP contribution < -0.4 is 20.5 Å². The predicted octanol–water partition coefficient (Wildman–Crippen LogP) is 0.712. The van der Waals surface area contributed by atoms with E-state index in [4.69, 9.17) is 15.2 Å². The van der Waals surface area contributed by atoms with Crippen LogP contribution in [0.15, 0.2) is 6.07 Å². The van der Waals surface area contributed by atoms with Crippen LogP contribution >= 0.6 is 0 Å². The summed E-state index contributed by atoms with van der Waals surface area (Å²) in [5.74, 6) is -1.89. The molecule has 7 nitrogen and oxygen atoms in total. The largest absolute Gasteiger partial charge is 0.481 e. The molecular weight excluding hydrogens is 281 g/mol. The first-order valence-corrected chi connectivity index (χ1v) is 5.26. The summed E-state index contributed by atoms with van der Waals surface area (Å²) in [7, 11) is 2.58. The Balaban J connectivity index is 3.02. The molecule has 0 fully saturated rings. The van der Waals surface area contributed by atoms with Gasteiger partial charge in [-0.15, -0.1) is 0 Å². The van der Waals surface area contributed by atoms with Crippen LogP contribution in [0.3, 0.4) is 0 Å². The molecule has 3 N–H and O–H groups in total. The third-order valence-corrected chi connectivity index (χ3v) is 2.38. The van der Waals surface area contributed by atoms with E-state index in [2.05, 4.69) is 9.97 Å². The van der Waals surface area contributed by atoms with Crippen molar-refractivity contribution < 1.29 is 27.4 Å². The van der Waals surface area contributed by atoms with Crippen molar-refractivity contribution in [3.8, 4) is 11.8 Å². The normalized spacial score (nSPS) is 14.3. The summed E-state index contributed by atoms with van der Waals surface area (Å²) in [5.41, 5.74) is 1.89. The lowest BCUT2D eigenvalue weighted by Crippen LogP contribution is -2.59. The van der Waals surface area contributed by atoms with Crippen LogP contribution in [-0.2, 0) is 4.79 Å². The summed E-state index contributed by atoms with van der Waals surface area (Å²) >= 11 is 0. The molecule has 112 valence electrons. The number of carbonyl (C=O) groups is 1. The van der Waals surface area contributed by atoms with Gasteiger partial charge in [0.25, 0.3) is 5.91 Å². The summed E-state index contributed by atoms with van der Waals surface area (Å²) < 4.78 is 47.4. The number of hydrogen-bond donors (Lipinski definition) is 2. The van der Waals surface area contributed by atoms with Crippen molar-refractivity contribution in [3.63, 3.8) is 0 Å². The number of anilines is 1. The van der Waals surface area contributed by atoms with Gasteiger partial charge in [0, 0.05) is 0 Å². The maximum Gasteiger partial charge on any atom is 0.415 e. The van der Waals surface area contributed by atoms with Crippen molar-refractivity contribution in [3.05, 3.63) is 6.07 Å². The lowest BCUT2D eigenvalue weighted by atomic mass is 10.0. The van der Waals surface area contributed by atoms with Gasteiger partial charge in [-0.3, -0.25) is 10.1 Å². The number of hydrogen-bond acceptors (Lipinski definition) is 6. The first-order chi connectivity index (χ1) is 9.11. The average Bonchev–Trinajstić information content (AvgIpc) is 2.36. The third kappa shape index (κ3) is 3.26. The zero-order chi connectivity index (χ0) is 15.6. The van der Waals surface area contributed by atoms with E-state index in [0.717, 1.165) is 0 Å². The number of methoxy groups -OCH3 is 2. The number of halogens is 3. The van der Waals surface area contributed by atoms with Crippen LogP contribution in [-0.4, -0.2) is 41.8 Å². The van der Waals surface area contributed by atoms with E-state index in [0.29, 0.717) is 6.92 Å². The van der Waals surface area contributed by atoms with E-state index >= 15 is 0 Å². The van der Waals surface area contributed by atoms with Crippen LogP contribution in [0.5, 0.6) is 11.8 Å². The van der Waals surface area contributed by atoms with Gasteiger partial charge in [0.05, 0.1) is 20.3 Å². The Labute approximate surface area is 112 Å². The SMILES string of the molecule is COc1cc(OC)nc(NC(=O)C(C)(N)C(F)(F)F)n1. The van der Waals surface area contributed by atoms with Gasteiger partial charge in [-0.2, -0.15) is 23.1 Å². The zero-order valence-electron chi connectivity index (χ0n) is 10.9. The summed E-state index contributed by atoms with van der Waals surface area (Å²) in [6, 6.07) is 1.29. The average molecular weight is 294 g/mol. The highest BCUT2D eigenvalue weighted by Gasteiger charge is 2.54. The molecule has 1 heterocycles. The maximum absolute atomic E-state index is 12.6. The number of nitrogens with one attached hydrogen (secondary N) is 1. The Morgan fingerprint density at radius 3 is 2.05 bits per heavy atom. The molecule has 20 heavy (non-hydrogen) atoms. The van der Waals surface area contributed by atoms with Crippen LogP contribution in [0.4, 0.5) is 19.1 Å². The molecule has 0 aliphatic heterocycles. The predicted molar refractivity (Wildman–Crippen MR) is 62.4 cm³/mol. The fraction of sp³-hybridized carbons (Fsp3) is 0.500. The van der Waals surface area contributed by atoms with Crippen molar-refractivity contribution in [1.29, 1.82) is 0 Å². The summed E-state index contributed by atoms with van der Waals surface area (Å²) in [5, 5.41) is 1.87. The third-order valence-electron chi connectivity index (χ3n) is 2.38. The van der Waals surface area contributed by atoms with Gasteiger partial charge >= 0.3 is 6.18 Å². The monoisotopic (exact) mass is 294 g/mol. The smallest absolute Gasteiger partial charge is 0.415 e. The summed E-state index contributed by atoms with van der Waals surface area (Å²) in [6.45, 7) is 0.541. The highest BCUT2D eigenvalue weighted by atomic mass is 19.4. The number of nitrogens with two attached hydrogens (primary N) is 1. The van der Waals surface area contributed by atoms with Crippen LogP contribution in [0, 0.1) is 0 Å². The molecule has 0 radical (unpaired) electrons. The summed E-state index contributed by atoms with van der Waals surface area (Å²) in [6.07, 6.45) is -4.92. The van der Waals surface area contributed by atoms with E-state index in [1.807, 2.05) is 5.32 Å². The van der Waals surface area contributed by atoms with Crippen molar-refractivity contribution in [1.82, 2.24) is 9.97 Å². The highest BCUT2D eigenvalue weighted by molar-refractivity contribution is 5.97. The van der Waals surface area contributed by atoms with Gasteiger partial charge in [0.2, 0.25) is 17.7 Å². The second kappa shape index (κ2) is 5.49. The second-order valence-electron chi connectivity index (χ2n) is 3.93. The molecule has 1 unspecified atom stereocenters. The lowest BCUT2D eigenvalue weighted by Gasteiger charge is -2.25. The molecule has 1 aromatic heterocycles. The van der Waals surface area contributed by atoms with E-state index < -0.39 is 23.6 Å². The van der Waals surface area contributed by atoms with Gasteiger partial charge in [-0.05, 0) is 6.92 Å². The molecule has 1 amide bonds.